The molecule has 31 heavy (non-hydrogen) atoms. The second-order valence-electron chi connectivity index (χ2n) is 6.60. The van der Waals surface area contributed by atoms with Crippen molar-refractivity contribution in [2.75, 3.05) is 0 Å². The molecule has 0 N–H and O–H groups in total. The van der Waals surface area contributed by atoms with E-state index in [4.69, 9.17) is 9.47 Å². The quantitative estimate of drug-likeness (QED) is 0.208. The number of esters is 1. The number of hydrogen-bond donors (Lipinski definition) is 0. The largest absolute Gasteiger partial charge is 0.489 e. The van der Waals surface area contributed by atoms with Gasteiger partial charge >= 0.3 is 5.97 Å². The Hall–Kier alpha value is -3.78. The average molecular weight is 479 g/mol. The molecule has 0 spiro atoms. The first-order valence-corrected chi connectivity index (χ1v) is 10.0. The topological polar surface area (TPSA) is 91.0 Å². The maximum atomic E-state index is 12.2. The molecule has 0 amide bonds. The summed E-state index contributed by atoms with van der Waals surface area (Å²) in [5.74, 6) is 0.331. The molecule has 1 aliphatic heterocycles. The minimum absolute atomic E-state index is 0.0222. The molecule has 8 heteroatoms. The van der Waals surface area contributed by atoms with Crippen LogP contribution >= 0.6 is 15.9 Å². The number of aliphatic imine (C=N–C) groups is 1. The van der Waals surface area contributed by atoms with E-state index >= 15 is 0 Å². The van der Waals surface area contributed by atoms with Gasteiger partial charge in [0.25, 0.3) is 5.69 Å². The van der Waals surface area contributed by atoms with Gasteiger partial charge in [0.15, 0.2) is 5.70 Å². The van der Waals surface area contributed by atoms with Crippen LogP contribution in [-0.2, 0) is 16.1 Å². The summed E-state index contributed by atoms with van der Waals surface area (Å²) in [7, 11) is 0. The third kappa shape index (κ3) is 4.87. The number of carbonyl (C=O) groups is 1. The van der Waals surface area contributed by atoms with Gasteiger partial charge < -0.3 is 9.47 Å². The van der Waals surface area contributed by atoms with Gasteiger partial charge in [0.1, 0.15) is 12.4 Å². The molecular weight excluding hydrogens is 464 g/mol. The van der Waals surface area contributed by atoms with E-state index in [2.05, 4.69) is 20.9 Å². The molecule has 0 fully saturated rings. The number of benzene rings is 3. The van der Waals surface area contributed by atoms with Crippen molar-refractivity contribution in [1.82, 2.24) is 0 Å². The lowest BCUT2D eigenvalue weighted by molar-refractivity contribution is -0.384. The molecular formula is C23H15BrN2O5. The highest BCUT2D eigenvalue weighted by molar-refractivity contribution is 9.10. The summed E-state index contributed by atoms with van der Waals surface area (Å²) in [6.07, 6.45) is 1.64. The van der Waals surface area contributed by atoms with E-state index in [1.54, 1.807) is 42.5 Å². The second kappa shape index (κ2) is 8.93. The number of carbonyl (C=O) groups excluding carboxylic acids is 1. The van der Waals surface area contributed by atoms with Crippen molar-refractivity contribution in [3.63, 3.8) is 0 Å². The van der Waals surface area contributed by atoms with Gasteiger partial charge in [-0.25, -0.2) is 9.79 Å². The summed E-state index contributed by atoms with van der Waals surface area (Å²) >= 11 is 3.42. The van der Waals surface area contributed by atoms with Gasteiger partial charge in [-0.3, -0.25) is 10.1 Å². The Labute approximate surface area is 185 Å². The molecule has 0 atom stereocenters. The number of cyclic esters (lactones) is 1. The summed E-state index contributed by atoms with van der Waals surface area (Å²) in [6.45, 7) is 0.202. The fraction of sp³-hybridized carbons (Fsp3) is 0.0435. The lowest BCUT2D eigenvalue weighted by Crippen LogP contribution is -2.05. The molecule has 7 nitrogen and oxygen atoms in total. The monoisotopic (exact) mass is 478 g/mol. The van der Waals surface area contributed by atoms with Crippen molar-refractivity contribution in [2.24, 2.45) is 4.99 Å². The van der Waals surface area contributed by atoms with Crippen LogP contribution in [0.4, 0.5) is 5.69 Å². The van der Waals surface area contributed by atoms with Crippen molar-refractivity contribution in [3.05, 3.63) is 110 Å². The molecule has 3 aromatic carbocycles. The SMILES string of the molecule is O=C1OC(c2ccccc2Br)=N/C1=C\c1ccc(OCc2cccc([N+](=O)[O-])c2)cc1. The molecule has 0 saturated carbocycles. The molecule has 0 aromatic heterocycles. The first-order valence-electron chi connectivity index (χ1n) is 9.23. The average Bonchev–Trinajstić information content (AvgIpc) is 3.13. The van der Waals surface area contributed by atoms with E-state index in [1.165, 1.54) is 12.1 Å². The molecule has 0 aliphatic carbocycles. The lowest BCUT2D eigenvalue weighted by Gasteiger charge is -2.06. The van der Waals surface area contributed by atoms with E-state index in [1.807, 2.05) is 24.3 Å². The normalized spacial score (nSPS) is 14.3. The molecule has 1 heterocycles. The minimum Gasteiger partial charge on any atom is -0.489 e. The Morgan fingerprint density at radius 1 is 1.06 bits per heavy atom. The van der Waals surface area contributed by atoms with Crippen LogP contribution in [0.3, 0.4) is 0 Å². The van der Waals surface area contributed by atoms with Crippen molar-refractivity contribution in [3.8, 4) is 5.75 Å². The van der Waals surface area contributed by atoms with Crippen LogP contribution < -0.4 is 4.74 Å². The number of non-ortho nitro benzene ring substituents is 1. The number of halogens is 1. The molecule has 4 rings (SSSR count). The molecule has 0 saturated heterocycles. The molecule has 1 aliphatic rings. The van der Waals surface area contributed by atoms with Gasteiger partial charge in [0, 0.05) is 16.6 Å². The fourth-order valence-corrected chi connectivity index (χ4v) is 3.36. The van der Waals surface area contributed by atoms with E-state index in [0.717, 1.165) is 10.0 Å². The highest BCUT2D eigenvalue weighted by Gasteiger charge is 2.25. The van der Waals surface area contributed by atoms with Gasteiger partial charge in [-0.05, 0) is 57.4 Å². The van der Waals surface area contributed by atoms with Crippen LogP contribution in [0.15, 0.2) is 88.0 Å². The first kappa shape index (κ1) is 20.5. The van der Waals surface area contributed by atoms with Crippen molar-refractivity contribution < 1.29 is 19.2 Å². The van der Waals surface area contributed by atoms with Crippen LogP contribution in [-0.4, -0.2) is 16.8 Å². The van der Waals surface area contributed by atoms with Gasteiger partial charge in [0.05, 0.1) is 10.5 Å². The first-order chi connectivity index (χ1) is 15.0. The van der Waals surface area contributed by atoms with Gasteiger partial charge in [-0.15, -0.1) is 0 Å². The van der Waals surface area contributed by atoms with Crippen LogP contribution in [0.5, 0.6) is 5.75 Å². The zero-order valence-corrected chi connectivity index (χ0v) is 17.6. The summed E-state index contributed by atoms with van der Waals surface area (Å²) in [4.78, 5) is 26.9. The van der Waals surface area contributed by atoms with E-state index in [-0.39, 0.29) is 23.9 Å². The highest BCUT2D eigenvalue weighted by Crippen LogP contribution is 2.24. The Balaban J connectivity index is 1.45. The minimum atomic E-state index is -0.517. The summed E-state index contributed by atoms with van der Waals surface area (Å²) < 4.78 is 11.8. The van der Waals surface area contributed by atoms with Crippen molar-refractivity contribution >= 4 is 39.6 Å². The van der Waals surface area contributed by atoms with Gasteiger partial charge in [-0.1, -0.05) is 36.4 Å². The highest BCUT2D eigenvalue weighted by atomic mass is 79.9. The number of hydrogen-bond acceptors (Lipinski definition) is 6. The van der Waals surface area contributed by atoms with E-state index < -0.39 is 10.9 Å². The van der Waals surface area contributed by atoms with E-state index in [0.29, 0.717) is 16.9 Å². The van der Waals surface area contributed by atoms with Crippen molar-refractivity contribution in [1.29, 1.82) is 0 Å². The van der Waals surface area contributed by atoms with Crippen LogP contribution in [0.2, 0.25) is 0 Å². The summed E-state index contributed by atoms with van der Waals surface area (Å²) in [5, 5.41) is 10.9. The third-order valence-corrected chi connectivity index (χ3v) is 5.13. The van der Waals surface area contributed by atoms with Crippen LogP contribution in [0.1, 0.15) is 16.7 Å². The zero-order valence-electron chi connectivity index (χ0n) is 16.0. The molecule has 3 aromatic rings. The predicted molar refractivity (Wildman–Crippen MR) is 119 cm³/mol. The third-order valence-electron chi connectivity index (χ3n) is 4.44. The summed E-state index contributed by atoms with van der Waals surface area (Å²) in [6, 6.07) is 20.7. The molecule has 0 bridgehead atoms. The Morgan fingerprint density at radius 2 is 1.84 bits per heavy atom. The van der Waals surface area contributed by atoms with Crippen LogP contribution in [0, 0.1) is 10.1 Å². The summed E-state index contributed by atoms with van der Waals surface area (Å²) in [5.41, 5.74) is 2.38. The lowest BCUT2D eigenvalue weighted by atomic mass is 10.2. The molecule has 0 radical (unpaired) electrons. The van der Waals surface area contributed by atoms with Gasteiger partial charge in [0.2, 0.25) is 5.90 Å². The maximum Gasteiger partial charge on any atom is 0.363 e. The Morgan fingerprint density at radius 3 is 2.58 bits per heavy atom. The number of rotatable bonds is 6. The predicted octanol–water partition coefficient (Wildman–Crippen LogP) is 5.28. The standard InChI is InChI=1S/C23H15BrN2O5/c24-20-7-2-1-6-19(20)22-25-21(23(27)31-22)13-15-8-10-18(11-9-15)30-14-16-4-3-5-17(12-16)26(28)29/h1-13H,14H2/b21-13-. The number of ether oxygens (including phenoxy) is 2. The van der Waals surface area contributed by atoms with E-state index in [9.17, 15) is 14.9 Å². The molecule has 0 unspecified atom stereocenters. The fourth-order valence-electron chi connectivity index (χ4n) is 2.90. The number of nitro groups is 1. The molecule has 154 valence electrons. The Kier molecular flexibility index (Phi) is 5.90. The van der Waals surface area contributed by atoms with Gasteiger partial charge in [-0.2, -0.15) is 0 Å². The number of nitrogens with zero attached hydrogens (tertiary/aromatic N) is 2. The Bertz CT molecular complexity index is 1220. The second-order valence-corrected chi connectivity index (χ2v) is 7.45. The zero-order chi connectivity index (χ0) is 21.8. The number of nitro benzene ring substituents is 1. The smallest absolute Gasteiger partial charge is 0.363 e. The van der Waals surface area contributed by atoms with Crippen molar-refractivity contribution in [2.45, 2.75) is 6.61 Å². The maximum absolute atomic E-state index is 12.2. The van der Waals surface area contributed by atoms with Crippen LogP contribution in [0.25, 0.3) is 6.08 Å².